The molecule has 0 aromatic carbocycles. The third kappa shape index (κ3) is 1.01. The molecule has 0 aromatic rings. The van der Waals surface area contributed by atoms with Gasteiger partial charge in [0.25, 0.3) is 0 Å². The van der Waals surface area contributed by atoms with Gasteiger partial charge in [0.1, 0.15) is 0 Å². The van der Waals surface area contributed by atoms with E-state index in [1.807, 2.05) is 0 Å². The molecule has 0 heterocycles. The van der Waals surface area contributed by atoms with E-state index in [1.165, 1.54) is 5.57 Å². The molecule has 9 heavy (non-hydrogen) atoms. The van der Waals surface area contributed by atoms with Crippen LogP contribution in [0.4, 0.5) is 0 Å². The van der Waals surface area contributed by atoms with Crippen LogP contribution in [0.25, 0.3) is 0 Å². The molecule has 1 heteroatoms. The van der Waals surface area contributed by atoms with Crippen LogP contribution in [-0.4, -0.2) is 11.7 Å². The Morgan fingerprint density at radius 1 is 1.78 bits per heavy atom. The Bertz CT molecular complexity index is 138. The van der Waals surface area contributed by atoms with E-state index in [2.05, 4.69) is 19.9 Å². The second-order valence-corrected chi connectivity index (χ2v) is 3.14. The zero-order chi connectivity index (χ0) is 6.91. The quantitative estimate of drug-likeness (QED) is 0.530. The summed E-state index contributed by atoms with van der Waals surface area (Å²) in [7, 11) is 0. The van der Waals surface area contributed by atoms with Crippen LogP contribution < -0.4 is 0 Å². The molecular weight excluding hydrogens is 112 g/mol. The summed E-state index contributed by atoms with van der Waals surface area (Å²) in [5.41, 5.74) is 1.46. The normalized spacial score (nSPS) is 34.8. The molecule has 1 rings (SSSR count). The van der Waals surface area contributed by atoms with Crippen LogP contribution in [0.1, 0.15) is 26.7 Å². The highest BCUT2D eigenvalue weighted by Crippen LogP contribution is 2.37. The van der Waals surface area contributed by atoms with Gasteiger partial charge in [0.05, 0.1) is 6.61 Å². The Balaban J connectivity index is 2.70. The summed E-state index contributed by atoms with van der Waals surface area (Å²) in [5, 5.41) is 8.95. The number of aliphatic hydroxyl groups is 1. The Morgan fingerprint density at radius 3 is 2.67 bits per heavy atom. The third-order valence-corrected chi connectivity index (χ3v) is 2.45. The lowest BCUT2D eigenvalue weighted by Gasteiger charge is -2.22. The first-order chi connectivity index (χ1) is 4.19. The van der Waals surface area contributed by atoms with E-state index in [1.54, 1.807) is 0 Å². The number of aliphatic hydroxyl groups excluding tert-OH is 1. The van der Waals surface area contributed by atoms with Crippen molar-refractivity contribution in [2.24, 2.45) is 5.41 Å². The molecule has 0 spiro atoms. The highest BCUT2D eigenvalue weighted by Gasteiger charge is 2.28. The first-order valence-electron chi connectivity index (χ1n) is 3.47. The topological polar surface area (TPSA) is 20.2 Å². The highest BCUT2D eigenvalue weighted by molar-refractivity contribution is 5.16. The molecule has 0 saturated carbocycles. The molecule has 1 nitrogen and oxygen atoms in total. The molecule has 1 aliphatic carbocycles. The fourth-order valence-corrected chi connectivity index (χ4v) is 1.25. The van der Waals surface area contributed by atoms with Gasteiger partial charge < -0.3 is 5.11 Å². The van der Waals surface area contributed by atoms with E-state index in [0.29, 0.717) is 6.61 Å². The summed E-state index contributed by atoms with van der Waals surface area (Å²) >= 11 is 0. The Labute approximate surface area is 56.4 Å². The molecular formula is C8H14O. The second-order valence-electron chi connectivity index (χ2n) is 3.14. The monoisotopic (exact) mass is 126 g/mol. The highest BCUT2D eigenvalue weighted by atomic mass is 16.3. The van der Waals surface area contributed by atoms with Gasteiger partial charge in [-0.1, -0.05) is 18.6 Å². The zero-order valence-corrected chi connectivity index (χ0v) is 6.15. The van der Waals surface area contributed by atoms with Crippen LogP contribution in [0.15, 0.2) is 11.6 Å². The van der Waals surface area contributed by atoms with Gasteiger partial charge in [0, 0.05) is 5.41 Å². The first kappa shape index (κ1) is 6.81. The van der Waals surface area contributed by atoms with Gasteiger partial charge in [-0.3, -0.25) is 0 Å². The maximum atomic E-state index is 8.95. The molecule has 1 atom stereocenters. The zero-order valence-electron chi connectivity index (χ0n) is 6.15. The van der Waals surface area contributed by atoms with Crippen molar-refractivity contribution in [3.05, 3.63) is 11.6 Å². The summed E-state index contributed by atoms with van der Waals surface area (Å²) in [6.45, 7) is 4.52. The molecule has 52 valence electrons. The van der Waals surface area contributed by atoms with E-state index >= 15 is 0 Å². The number of allylic oxidation sites excluding steroid dienone is 1. The molecule has 0 aliphatic heterocycles. The van der Waals surface area contributed by atoms with Crippen molar-refractivity contribution in [2.45, 2.75) is 26.7 Å². The van der Waals surface area contributed by atoms with E-state index in [0.717, 1.165) is 12.8 Å². The molecule has 0 fully saturated rings. The Hall–Kier alpha value is -0.300. The first-order valence-corrected chi connectivity index (χ1v) is 3.47. The summed E-state index contributed by atoms with van der Waals surface area (Å²) in [6, 6.07) is 0. The second kappa shape index (κ2) is 2.14. The molecule has 0 bridgehead atoms. The maximum Gasteiger partial charge on any atom is 0.0522 e. The van der Waals surface area contributed by atoms with Crippen LogP contribution in [0.2, 0.25) is 0 Å². The third-order valence-electron chi connectivity index (χ3n) is 2.45. The van der Waals surface area contributed by atoms with Gasteiger partial charge in [-0.05, 0) is 19.8 Å². The lowest BCUT2D eigenvalue weighted by atomic mass is 9.85. The average Bonchev–Trinajstić information content (AvgIpc) is 2.15. The van der Waals surface area contributed by atoms with Crippen molar-refractivity contribution in [3.8, 4) is 0 Å². The van der Waals surface area contributed by atoms with Crippen LogP contribution in [0.5, 0.6) is 0 Å². The minimum atomic E-state index is 0.111. The average molecular weight is 126 g/mol. The number of hydrogen-bond donors (Lipinski definition) is 1. The summed E-state index contributed by atoms with van der Waals surface area (Å²) in [5.74, 6) is 0. The van der Waals surface area contributed by atoms with E-state index in [-0.39, 0.29) is 5.41 Å². The maximum absolute atomic E-state index is 8.95. The molecule has 0 unspecified atom stereocenters. The fraction of sp³-hybridized carbons (Fsp3) is 0.750. The number of rotatable bonds is 1. The van der Waals surface area contributed by atoms with Crippen LogP contribution in [0.3, 0.4) is 0 Å². The molecule has 0 aromatic heterocycles. The standard InChI is InChI=1S/C8H14O/c1-7-4-3-5-8(7,2)6-9/h4,9H,3,5-6H2,1-2H3/t8-/m0/s1. The van der Waals surface area contributed by atoms with E-state index < -0.39 is 0 Å². The Morgan fingerprint density at radius 2 is 2.44 bits per heavy atom. The minimum absolute atomic E-state index is 0.111. The van der Waals surface area contributed by atoms with Crippen LogP contribution in [0, 0.1) is 5.41 Å². The molecule has 1 aliphatic rings. The predicted octanol–water partition coefficient (Wildman–Crippen LogP) is 1.73. The number of hydrogen-bond acceptors (Lipinski definition) is 1. The van der Waals surface area contributed by atoms with Gasteiger partial charge in [-0.2, -0.15) is 0 Å². The predicted molar refractivity (Wildman–Crippen MR) is 38.2 cm³/mol. The Kier molecular flexibility index (Phi) is 1.62. The van der Waals surface area contributed by atoms with E-state index in [4.69, 9.17) is 5.11 Å². The van der Waals surface area contributed by atoms with Crippen molar-refractivity contribution in [1.82, 2.24) is 0 Å². The minimum Gasteiger partial charge on any atom is -0.395 e. The lowest BCUT2D eigenvalue weighted by molar-refractivity contribution is 0.174. The SMILES string of the molecule is CC1=CCC[C@@]1(C)CO. The van der Waals surface area contributed by atoms with Gasteiger partial charge in [-0.15, -0.1) is 0 Å². The summed E-state index contributed by atoms with van der Waals surface area (Å²) in [4.78, 5) is 0. The fourth-order valence-electron chi connectivity index (χ4n) is 1.25. The summed E-state index contributed by atoms with van der Waals surface area (Å²) < 4.78 is 0. The molecule has 0 amide bonds. The van der Waals surface area contributed by atoms with Crippen molar-refractivity contribution in [2.75, 3.05) is 6.61 Å². The van der Waals surface area contributed by atoms with Gasteiger partial charge in [0.15, 0.2) is 0 Å². The van der Waals surface area contributed by atoms with Gasteiger partial charge in [-0.25, -0.2) is 0 Å². The lowest BCUT2D eigenvalue weighted by Crippen LogP contribution is -2.18. The van der Waals surface area contributed by atoms with Crippen molar-refractivity contribution in [1.29, 1.82) is 0 Å². The molecule has 1 N–H and O–H groups in total. The van der Waals surface area contributed by atoms with Gasteiger partial charge in [0.2, 0.25) is 0 Å². The van der Waals surface area contributed by atoms with Crippen LogP contribution >= 0.6 is 0 Å². The van der Waals surface area contributed by atoms with Crippen LogP contribution in [-0.2, 0) is 0 Å². The molecule has 0 radical (unpaired) electrons. The van der Waals surface area contributed by atoms with Crippen molar-refractivity contribution >= 4 is 0 Å². The van der Waals surface area contributed by atoms with E-state index in [9.17, 15) is 0 Å². The largest absolute Gasteiger partial charge is 0.395 e. The van der Waals surface area contributed by atoms with Crippen molar-refractivity contribution < 1.29 is 5.11 Å². The van der Waals surface area contributed by atoms with Crippen molar-refractivity contribution in [3.63, 3.8) is 0 Å². The summed E-state index contributed by atoms with van der Waals surface area (Å²) in [6.07, 6.45) is 4.48. The smallest absolute Gasteiger partial charge is 0.0522 e. The van der Waals surface area contributed by atoms with Gasteiger partial charge >= 0.3 is 0 Å². The molecule has 0 saturated heterocycles.